The Morgan fingerprint density at radius 2 is 1.62 bits per heavy atom. The van der Waals surface area contributed by atoms with Crippen molar-refractivity contribution < 1.29 is 9.75 Å². The number of hydrogen-bond acceptors (Lipinski definition) is 2. The van der Waals surface area contributed by atoms with Gasteiger partial charge in [0.15, 0.2) is 0 Å². The molecule has 1 unspecified atom stereocenters. The first kappa shape index (κ1) is 15.4. The first-order valence-corrected chi connectivity index (χ1v) is 7.07. The maximum absolute atomic E-state index is 12.8. The number of rotatable bonds is 6. The van der Waals surface area contributed by atoms with Crippen molar-refractivity contribution in [1.82, 2.24) is 0 Å². The van der Waals surface area contributed by atoms with Crippen LogP contribution >= 0.6 is 0 Å². The maximum atomic E-state index is 12.8. The second-order valence-corrected chi connectivity index (χ2v) is 5.28. The molecule has 2 aromatic rings. The summed E-state index contributed by atoms with van der Waals surface area (Å²) in [5.41, 5.74) is 1.93. The number of nitrogens with zero attached hydrogens (tertiary/aromatic N) is 1. The summed E-state index contributed by atoms with van der Waals surface area (Å²) in [5, 5.41) is 22.3. The molecule has 0 aromatic heterocycles. The minimum atomic E-state index is -0.524. The molecule has 0 aliphatic rings. The highest BCUT2D eigenvalue weighted by Gasteiger charge is 2.24. The lowest BCUT2D eigenvalue weighted by molar-refractivity contribution is -0.887. The van der Waals surface area contributed by atoms with Crippen LogP contribution < -0.4 is 0 Å². The minimum absolute atomic E-state index is 0.164. The predicted molar refractivity (Wildman–Crippen MR) is 86.2 cm³/mol. The van der Waals surface area contributed by atoms with Gasteiger partial charge in [0.05, 0.1) is 20.2 Å². The van der Waals surface area contributed by atoms with Gasteiger partial charge in [-0.25, -0.2) is 0 Å². The van der Waals surface area contributed by atoms with Crippen molar-refractivity contribution in [3.63, 3.8) is 0 Å². The largest absolute Gasteiger partial charge is 0.632 e. The third-order valence-corrected chi connectivity index (χ3v) is 3.59. The Kier molecular flexibility index (Phi) is 5.28. The first-order chi connectivity index (χ1) is 10.1. The molecule has 110 valence electrons. The molecule has 0 saturated carbocycles. The molecule has 1 N–H and O–H groups in total. The van der Waals surface area contributed by atoms with Crippen molar-refractivity contribution in [3.8, 4) is 0 Å². The van der Waals surface area contributed by atoms with Gasteiger partial charge in [0.1, 0.15) is 6.04 Å². The fraction of sp³-hybridized carbons (Fsp3) is 0.222. The third-order valence-electron chi connectivity index (χ3n) is 3.59. The highest BCUT2D eigenvalue weighted by Crippen LogP contribution is 2.25. The fourth-order valence-electron chi connectivity index (χ4n) is 2.36. The van der Waals surface area contributed by atoms with Gasteiger partial charge in [0.25, 0.3) is 0 Å². The highest BCUT2D eigenvalue weighted by molar-refractivity contribution is 5.48. The normalized spacial score (nSPS) is 15.8. The van der Waals surface area contributed by atoms with Crippen LogP contribution in [-0.4, -0.2) is 30.0 Å². The molecule has 3 heteroatoms. The standard InChI is InChI=1S/C18H21NO2/c1-19(21,14-8-11-16-9-4-2-5-10-16)18(15-20)17-12-6-3-7-13-17/h2-13,18,20H,14-15H2,1H3/b11-8+/t18-,19?/m0/s1. The molecule has 2 atom stereocenters. The number of benzene rings is 2. The van der Waals surface area contributed by atoms with E-state index in [4.69, 9.17) is 0 Å². The van der Waals surface area contributed by atoms with E-state index in [0.717, 1.165) is 11.1 Å². The van der Waals surface area contributed by atoms with Crippen LogP contribution in [0.1, 0.15) is 17.2 Å². The van der Waals surface area contributed by atoms with Crippen LogP contribution in [0.15, 0.2) is 66.7 Å². The molecule has 21 heavy (non-hydrogen) atoms. The van der Waals surface area contributed by atoms with E-state index >= 15 is 0 Å². The van der Waals surface area contributed by atoms with Gasteiger partial charge in [0, 0.05) is 5.56 Å². The van der Waals surface area contributed by atoms with Gasteiger partial charge in [-0.3, -0.25) is 0 Å². The summed E-state index contributed by atoms with van der Waals surface area (Å²) < 4.78 is -0.524. The number of quaternary nitrogens is 1. The van der Waals surface area contributed by atoms with Gasteiger partial charge in [-0.05, 0) is 11.6 Å². The summed E-state index contributed by atoms with van der Waals surface area (Å²) in [4.78, 5) is 0. The van der Waals surface area contributed by atoms with E-state index in [0.29, 0.717) is 6.54 Å². The second-order valence-electron chi connectivity index (χ2n) is 5.28. The van der Waals surface area contributed by atoms with E-state index < -0.39 is 10.7 Å². The lowest BCUT2D eigenvalue weighted by Gasteiger charge is -2.44. The zero-order chi connectivity index (χ0) is 15.1. The molecule has 0 saturated heterocycles. The van der Waals surface area contributed by atoms with E-state index in [9.17, 15) is 10.3 Å². The molecule has 0 spiro atoms. The van der Waals surface area contributed by atoms with Crippen LogP contribution in [0.3, 0.4) is 0 Å². The summed E-state index contributed by atoms with van der Waals surface area (Å²) in [6.45, 7) is 0.151. The number of hydroxylamine groups is 3. The van der Waals surface area contributed by atoms with Crippen LogP contribution in [0, 0.1) is 5.21 Å². The molecule has 2 aromatic carbocycles. The van der Waals surface area contributed by atoms with Gasteiger partial charge in [-0.2, -0.15) is 0 Å². The van der Waals surface area contributed by atoms with Crippen LogP contribution in [0.25, 0.3) is 6.08 Å². The number of aliphatic hydroxyl groups is 1. The van der Waals surface area contributed by atoms with E-state index in [1.807, 2.05) is 72.8 Å². The first-order valence-electron chi connectivity index (χ1n) is 7.07. The Morgan fingerprint density at radius 3 is 2.19 bits per heavy atom. The van der Waals surface area contributed by atoms with Gasteiger partial charge in [-0.15, -0.1) is 0 Å². The molecule has 0 heterocycles. The summed E-state index contributed by atoms with van der Waals surface area (Å²) in [6, 6.07) is 18.9. The highest BCUT2D eigenvalue weighted by atomic mass is 16.5. The van der Waals surface area contributed by atoms with Crippen LogP contribution in [0.5, 0.6) is 0 Å². The lowest BCUT2D eigenvalue weighted by atomic mass is 10.1. The Morgan fingerprint density at radius 1 is 1.05 bits per heavy atom. The number of likely N-dealkylation sites (N-methyl/N-ethyl adjacent to an activating group) is 1. The molecule has 0 fully saturated rings. The average Bonchev–Trinajstić information content (AvgIpc) is 2.49. The molecule has 0 aliphatic heterocycles. The van der Waals surface area contributed by atoms with Crippen LogP contribution in [-0.2, 0) is 0 Å². The van der Waals surface area contributed by atoms with Crippen molar-refractivity contribution in [3.05, 3.63) is 83.1 Å². The van der Waals surface area contributed by atoms with Crippen LogP contribution in [0.2, 0.25) is 0 Å². The molecule has 2 rings (SSSR count). The molecular weight excluding hydrogens is 262 g/mol. The fourth-order valence-corrected chi connectivity index (χ4v) is 2.36. The van der Waals surface area contributed by atoms with E-state index in [-0.39, 0.29) is 6.61 Å². The zero-order valence-corrected chi connectivity index (χ0v) is 12.2. The van der Waals surface area contributed by atoms with Gasteiger partial charge >= 0.3 is 0 Å². The van der Waals surface area contributed by atoms with Gasteiger partial charge in [-0.1, -0.05) is 66.7 Å². The van der Waals surface area contributed by atoms with Gasteiger partial charge in [0.2, 0.25) is 0 Å². The van der Waals surface area contributed by atoms with Crippen LogP contribution in [0.4, 0.5) is 0 Å². The smallest absolute Gasteiger partial charge is 0.138 e. The maximum Gasteiger partial charge on any atom is 0.138 e. The summed E-state index contributed by atoms with van der Waals surface area (Å²) >= 11 is 0. The number of aliphatic hydroxyl groups excluding tert-OH is 1. The zero-order valence-electron chi connectivity index (χ0n) is 12.2. The summed E-state index contributed by atoms with van der Waals surface area (Å²) in [6.07, 6.45) is 3.81. The van der Waals surface area contributed by atoms with Crippen molar-refractivity contribution in [2.45, 2.75) is 6.04 Å². The van der Waals surface area contributed by atoms with Crippen molar-refractivity contribution in [2.75, 3.05) is 20.2 Å². The monoisotopic (exact) mass is 283 g/mol. The minimum Gasteiger partial charge on any atom is -0.632 e. The lowest BCUT2D eigenvalue weighted by Crippen LogP contribution is -2.43. The van der Waals surface area contributed by atoms with Gasteiger partial charge < -0.3 is 15.0 Å². The molecule has 0 bridgehead atoms. The Hall–Kier alpha value is -1.94. The Labute approximate surface area is 126 Å². The second kappa shape index (κ2) is 7.18. The molecule has 0 amide bonds. The summed E-state index contributed by atoms with van der Waals surface area (Å²) in [7, 11) is 1.60. The number of hydrogen-bond donors (Lipinski definition) is 1. The quantitative estimate of drug-likeness (QED) is 0.652. The topological polar surface area (TPSA) is 43.3 Å². The SMILES string of the molecule is C[N+]([O-])(C/C=C/c1ccccc1)[C@@H](CO)c1ccccc1. The van der Waals surface area contributed by atoms with E-state index in [1.54, 1.807) is 7.05 Å². The third kappa shape index (κ3) is 4.26. The Bertz CT molecular complexity index is 564. The summed E-state index contributed by atoms with van der Waals surface area (Å²) in [5.74, 6) is 0. The predicted octanol–water partition coefficient (Wildman–Crippen LogP) is 3.38. The molecule has 0 radical (unpaired) electrons. The Balaban J connectivity index is 2.08. The van der Waals surface area contributed by atoms with E-state index in [2.05, 4.69) is 0 Å². The molecular formula is C18H21NO2. The van der Waals surface area contributed by atoms with Crippen molar-refractivity contribution >= 4 is 6.08 Å². The average molecular weight is 283 g/mol. The molecule has 3 nitrogen and oxygen atoms in total. The molecule has 0 aliphatic carbocycles. The van der Waals surface area contributed by atoms with E-state index in [1.165, 1.54) is 0 Å². The van der Waals surface area contributed by atoms with Crippen molar-refractivity contribution in [2.24, 2.45) is 0 Å². The van der Waals surface area contributed by atoms with Crippen molar-refractivity contribution in [1.29, 1.82) is 0 Å².